The van der Waals surface area contributed by atoms with Crippen molar-refractivity contribution >= 4 is 35.1 Å². The first-order chi connectivity index (χ1) is 11.6. The van der Waals surface area contributed by atoms with Gasteiger partial charge in [0.15, 0.2) is 12.6 Å². The van der Waals surface area contributed by atoms with Crippen LogP contribution >= 0.6 is 23.2 Å². The number of Topliss-reactive ketones (excluding diaryl/α,β-unsaturated/α-hetero) is 1. The van der Waals surface area contributed by atoms with Gasteiger partial charge in [-0.3, -0.25) is 9.69 Å². The van der Waals surface area contributed by atoms with Gasteiger partial charge in [0.1, 0.15) is 11.4 Å². The van der Waals surface area contributed by atoms with E-state index in [9.17, 15) is 9.59 Å². The van der Waals surface area contributed by atoms with Crippen molar-refractivity contribution in [2.75, 3.05) is 20.4 Å². The van der Waals surface area contributed by atoms with Gasteiger partial charge in [0.2, 0.25) is 0 Å². The van der Waals surface area contributed by atoms with Gasteiger partial charge in [-0.05, 0) is 32.9 Å². The molecule has 1 aromatic rings. The summed E-state index contributed by atoms with van der Waals surface area (Å²) in [6.07, 6.45) is -0.472. The molecule has 1 fully saturated rings. The van der Waals surface area contributed by atoms with Crippen molar-refractivity contribution in [3.05, 3.63) is 27.7 Å². The molecular formula is C17H21Cl2NO5. The highest BCUT2D eigenvalue weighted by molar-refractivity contribution is 6.42. The van der Waals surface area contributed by atoms with Gasteiger partial charge in [0.25, 0.3) is 0 Å². The third kappa shape index (κ3) is 4.77. The van der Waals surface area contributed by atoms with Crippen LogP contribution < -0.4 is 4.74 Å². The summed E-state index contributed by atoms with van der Waals surface area (Å²) in [6, 6.07) is 2.62. The summed E-state index contributed by atoms with van der Waals surface area (Å²) in [4.78, 5) is 25.9. The molecule has 6 nitrogen and oxygen atoms in total. The highest BCUT2D eigenvalue weighted by atomic mass is 35.5. The second-order valence-electron chi connectivity index (χ2n) is 6.69. The summed E-state index contributed by atoms with van der Waals surface area (Å²) in [5.74, 6) is 0.314. The monoisotopic (exact) mass is 389 g/mol. The number of carbonyl (C=O) groups excluding carboxylic acids is 2. The molecule has 1 amide bonds. The predicted octanol–water partition coefficient (Wildman–Crippen LogP) is 4.23. The van der Waals surface area contributed by atoms with Crippen molar-refractivity contribution in [2.45, 2.75) is 38.8 Å². The van der Waals surface area contributed by atoms with Crippen LogP contribution in [0.3, 0.4) is 0 Å². The van der Waals surface area contributed by atoms with Gasteiger partial charge in [0, 0.05) is 19.1 Å². The zero-order valence-electron chi connectivity index (χ0n) is 14.6. The molecule has 1 aliphatic heterocycles. The number of ketones is 1. The summed E-state index contributed by atoms with van der Waals surface area (Å²) < 4.78 is 15.9. The average Bonchev–Trinajstić information content (AvgIpc) is 2.88. The Labute approximate surface area is 156 Å². The molecule has 138 valence electrons. The maximum Gasteiger partial charge on any atom is 0.411 e. The van der Waals surface area contributed by atoms with Crippen LogP contribution in [-0.2, 0) is 14.3 Å². The van der Waals surface area contributed by atoms with E-state index in [0.717, 1.165) is 0 Å². The number of amides is 1. The maximum absolute atomic E-state index is 12.5. The van der Waals surface area contributed by atoms with Gasteiger partial charge in [-0.2, -0.15) is 0 Å². The van der Waals surface area contributed by atoms with Crippen LogP contribution in [0.25, 0.3) is 0 Å². The third-order valence-electron chi connectivity index (χ3n) is 3.53. The van der Waals surface area contributed by atoms with Gasteiger partial charge < -0.3 is 14.2 Å². The maximum atomic E-state index is 12.5. The van der Waals surface area contributed by atoms with Crippen LogP contribution in [0.4, 0.5) is 4.79 Å². The Morgan fingerprint density at radius 3 is 2.60 bits per heavy atom. The van der Waals surface area contributed by atoms with Gasteiger partial charge in [-0.25, -0.2) is 4.79 Å². The molecule has 1 heterocycles. The van der Waals surface area contributed by atoms with Gasteiger partial charge in [-0.15, -0.1) is 0 Å². The van der Waals surface area contributed by atoms with Crippen molar-refractivity contribution in [3.8, 4) is 5.75 Å². The lowest BCUT2D eigenvalue weighted by Gasteiger charge is -2.29. The molecule has 1 saturated heterocycles. The zero-order chi connectivity index (χ0) is 18.8. The lowest BCUT2D eigenvalue weighted by molar-refractivity contribution is -0.117. The highest BCUT2D eigenvalue weighted by Crippen LogP contribution is 2.43. The molecule has 0 spiro atoms. The van der Waals surface area contributed by atoms with Crippen LogP contribution in [0, 0.1) is 0 Å². The van der Waals surface area contributed by atoms with Crippen LogP contribution in [0.1, 0.15) is 38.8 Å². The van der Waals surface area contributed by atoms with Crippen molar-refractivity contribution in [3.63, 3.8) is 0 Å². The first-order valence-corrected chi connectivity index (χ1v) is 8.50. The number of hydrogen-bond donors (Lipinski definition) is 0. The number of rotatable bonds is 4. The average molecular weight is 390 g/mol. The quantitative estimate of drug-likeness (QED) is 0.720. The highest BCUT2D eigenvalue weighted by Gasteiger charge is 2.40. The first kappa shape index (κ1) is 19.8. The first-order valence-electron chi connectivity index (χ1n) is 7.75. The lowest BCUT2D eigenvalue weighted by Crippen LogP contribution is -2.37. The SMILES string of the molecule is COCOc1ccc(Cl)c(Cl)c1[C@H]1CC(=O)CN1C(=O)OC(C)(C)C. The molecule has 0 aromatic heterocycles. The van der Waals surface area contributed by atoms with E-state index in [1.54, 1.807) is 32.9 Å². The van der Waals surface area contributed by atoms with E-state index in [2.05, 4.69) is 0 Å². The molecule has 1 aliphatic rings. The van der Waals surface area contributed by atoms with Crippen LogP contribution in [0.15, 0.2) is 12.1 Å². The number of hydrogen-bond acceptors (Lipinski definition) is 5. The minimum atomic E-state index is -0.680. The standard InChI is InChI=1S/C17H21Cl2NO5/c1-17(2,3)25-16(22)20-8-10(21)7-12(20)14-13(24-9-23-4)6-5-11(18)15(14)19/h5-6,12H,7-9H2,1-4H3/t12-/m1/s1. The van der Waals surface area contributed by atoms with E-state index in [1.807, 2.05) is 0 Å². The molecule has 1 aromatic carbocycles. The predicted molar refractivity (Wildman–Crippen MR) is 94.3 cm³/mol. The van der Waals surface area contributed by atoms with Gasteiger partial charge in [-0.1, -0.05) is 23.2 Å². The summed E-state index contributed by atoms with van der Waals surface area (Å²) >= 11 is 12.5. The number of benzene rings is 1. The number of carbonyl (C=O) groups is 2. The van der Waals surface area contributed by atoms with E-state index in [-0.39, 0.29) is 30.6 Å². The second kappa shape index (κ2) is 7.81. The van der Waals surface area contributed by atoms with Crippen molar-refractivity contribution in [1.29, 1.82) is 0 Å². The Balaban J connectivity index is 2.41. The van der Waals surface area contributed by atoms with E-state index < -0.39 is 17.7 Å². The Kier molecular flexibility index (Phi) is 6.19. The van der Waals surface area contributed by atoms with Gasteiger partial charge >= 0.3 is 6.09 Å². The molecular weight excluding hydrogens is 369 g/mol. The fraction of sp³-hybridized carbons (Fsp3) is 0.529. The summed E-state index contributed by atoms with van der Waals surface area (Å²) in [5, 5.41) is 0.549. The number of methoxy groups -OCH3 is 1. The van der Waals surface area contributed by atoms with Crippen LogP contribution in [0.5, 0.6) is 5.75 Å². The largest absolute Gasteiger partial charge is 0.467 e. The van der Waals surface area contributed by atoms with E-state index in [1.165, 1.54) is 12.0 Å². The third-order valence-corrected chi connectivity index (χ3v) is 4.35. The molecule has 0 radical (unpaired) electrons. The normalized spacial score (nSPS) is 17.8. The fourth-order valence-corrected chi connectivity index (χ4v) is 3.02. The number of likely N-dealkylation sites (tertiary alicyclic amines) is 1. The lowest BCUT2D eigenvalue weighted by atomic mass is 10.0. The smallest absolute Gasteiger partial charge is 0.411 e. The Hall–Kier alpha value is -1.50. The Bertz CT molecular complexity index is 672. The molecule has 25 heavy (non-hydrogen) atoms. The van der Waals surface area contributed by atoms with E-state index in [0.29, 0.717) is 16.3 Å². The Morgan fingerprint density at radius 1 is 1.32 bits per heavy atom. The van der Waals surface area contributed by atoms with Crippen molar-refractivity contribution in [1.82, 2.24) is 4.90 Å². The zero-order valence-corrected chi connectivity index (χ0v) is 16.1. The molecule has 1 atom stereocenters. The molecule has 2 rings (SSSR count). The molecule has 0 bridgehead atoms. The second-order valence-corrected chi connectivity index (χ2v) is 7.48. The molecule has 0 unspecified atom stereocenters. The summed E-state index contributed by atoms with van der Waals surface area (Å²) in [5.41, 5.74) is -0.205. The minimum absolute atomic E-state index is 0.00192. The van der Waals surface area contributed by atoms with E-state index >= 15 is 0 Å². The Morgan fingerprint density at radius 2 is 2.00 bits per heavy atom. The fourth-order valence-electron chi connectivity index (χ4n) is 2.57. The number of ether oxygens (including phenoxy) is 3. The van der Waals surface area contributed by atoms with E-state index in [4.69, 9.17) is 37.4 Å². The van der Waals surface area contributed by atoms with Crippen molar-refractivity contribution in [2.24, 2.45) is 0 Å². The number of halogens is 2. The topological polar surface area (TPSA) is 65.1 Å². The molecule has 0 N–H and O–H groups in total. The minimum Gasteiger partial charge on any atom is -0.467 e. The molecule has 8 heteroatoms. The van der Waals surface area contributed by atoms with Gasteiger partial charge in [0.05, 0.1) is 22.6 Å². The number of nitrogens with zero attached hydrogens (tertiary/aromatic N) is 1. The van der Waals surface area contributed by atoms with Crippen LogP contribution in [-0.4, -0.2) is 42.8 Å². The van der Waals surface area contributed by atoms with Crippen LogP contribution in [0.2, 0.25) is 10.0 Å². The summed E-state index contributed by atoms with van der Waals surface area (Å²) in [7, 11) is 1.49. The molecule has 0 saturated carbocycles. The molecule has 0 aliphatic carbocycles. The van der Waals surface area contributed by atoms with Crippen molar-refractivity contribution < 1.29 is 23.8 Å². The summed E-state index contributed by atoms with van der Waals surface area (Å²) in [6.45, 7) is 5.23.